The van der Waals surface area contributed by atoms with Gasteiger partial charge in [0.15, 0.2) is 0 Å². The van der Waals surface area contributed by atoms with E-state index in [1.165, 1.54) is 24.5 Å². The second kappa shape index (κ2) is 10.8. The molecule has 2 amide bonds. The third kappa shape index (κ3) is 5.67. The van der Waals surface area contributed by atoms with E-state index in [2.05, 4.69) is 25.6 Å². The summed E-state index contributed by atoms with van der Waals surface area (Å²) in [6.07, 6.45) is 2.57. The number of anilines is 3. The van der Waals surface area contributed by atoms with Crippen molar-refractivity contribution in [3.63, 3.8) is 0 Å². The maximum atomic E-state index is 12.7. The number of hydrogen-bond donors (Lipinski definition) is 2. The zero-order valence-electron chi connectivity index (χ0n) is 18.9. The van der Waals surface area contributed by atoms with Gasteiger partial charge in [0.05, 0.1) is 34.9 Å². The topological polar surface area (TPSA) is 146 Å². The molecule has 0 spiro atoms. The van der Waals surface area contributed by atoms with Gasteiger partial charge in [0.1, 0.15) is 17.7 Å². The summed E-state index contributed by atoms with van der Waals surface area (Å²) in [5, 5.41) is 17.6. The maximum Gasteiger partial charge on any atom is 0.287 e. The van der Waals surface area contributed by atoms with Gasteiger partial charge in [-0.1, -0.05) is 23.2 Å². The van der Waals surface area contributed by atoms with Crippen molar-refractivity contribution in [2.75, 3.05) is 48.8 Å². The van der Waals surface area contributed by atoms with Gasteiger partial charge < -0.3 is 10.6 Å². The van der Waals surface area contributed by atoms with Crippen LogP contribution in [0.15, 0.2) is 42.7 Å². The van der Waals surface area contributed by atoms with Gasteiger partial charge in [0.2, 0.25) is 17.8 Å². The largest absolute Gasteiger partial charge is 0.368 e. The molecule has 0 unspecified atom stereocenters. The molecule has 0 aliphatic carbocycles. The lowest BCUT2D eigenvalue weighted by atomic mass is 10.1. The van der Waals surface area contributed by atoms with Crippen LogP contribution in [-0.2, 0) is 9.59 Å². The first-order chi connectivity index (χ1) is 17.2. The molecule has 2 N–H and O–H groups in total. The SMILES string of the molecule is CN1CC(=O)N(c2cnc(NCCNc3ccc([N+](=O)[O-])cn3)nc2-c2ccc(Cl)cc2Cl)C(=O)C1. The van der Waals surface area contributed by atoms with Gasteiger partial charge in [0.25, 0.3) is 5.69 Å². The molecule has 12 nitrogen and oxygen atoms in total. The Labute approximate surface area is 215 Å². The Bertz CT molecular complexity index is 1300. The van der Waals surface area contributed by atoms with Crippen molar-refractivity contribution >= 4 is 58.2 Å². The summed E-state index contributed by atoms with van der Waals surface area (Å²) in [7, 11) is 1.69. The van der Waals surface area contributed by atoms with Crippen LogP contribution < -0.4 is 15.5 Å². The number of rotatable bonds is 8. The third-order valence-corrected chi connectivity index (χ3v) is 5.73. The van der Waals surface area contributed by atoms with Crippen molar-refractivity contribution in [3.8, 4) is 11.3 Å². The molecule has 0 saturated carbocycles. The van der Waals surface area contributed by atoms with Gasteiger partial charge in [-0.3, -0.25) is 24.6 Å². The molecule has 1 aliphatic heterocycles. The van der Waals surface area contributed by atoms with Crippen molar-refractivity contribution in [1.29, 1.82) is 0 Å². The van der Waals surface area contributed by atoms with E-state index in [9.17, 15) is 19.7 Å². The lowest BCUT2D eigenvalue weighted by Gasteiger charge is -2.31. The standard InChI is InChI=1S/C22H20Cl2N8O4/c1-30-11-19(33)31(20(34)12-30)17-10-28-22(29-21(17)15-4-2-13(23)8-16(15)24)26-7-6-25-18-5-3-14(9-27-18)32(35)36/h2-5,8-10H,6-7,11-12H2,1H3,(H,25,27)(H,26,28,29). The average Bonchev–Trinajstić information content (AvgIpc) is 2.82. The molecule has 2 aromatic heterocycles. The molecule has 4 rings (SSSR count). The van der Waals surface area contributed by atoms with Crippen molar-refractivity contribution in [2.24, 2.45) is 0 Å². The number of benzene rings is 1. The van der Waals surface area contributed by atoms with Gasteiger partial charge in [0, 0.05) is 29.7 Å². The number of carbonyl (C=O) groups is 2. The van der Waals surface area contributed by atoms with Crippen molar-refractivity contribution in [2.45, 2.75) is 0 Å². The quantitative estimate of drug-likeness (QED) is 0.192. The van der Waals surface area contributed by atoms with E-state index in [1.54, 1.807) is 30.1 Å². The number of hydrogen-bond acceptors (Lipinski definition) is 10. The van der Waals surface area contributed by atoms with Crippen LogP contribution in [0.25, 0.3) is 11.3 Å². The first-order valence-corrected chi connectivity index (χ1v) is 11.4. The fraction of sp³-hybridized carbons (Fsp3) is 0.227. The molecule has 3 aromatic rings. The second-order valence-electron chi connectivity index (χ2n) is 7.86. The van der Waals surface area contributed by atoms with E-state index < -0.39 is 16.7 Å². The number of nitrogens with one attached hydrogen (secondary N) is 2. The molecule has 3 heterocycles. The Kier molecular flexibility index (Phi) is 7.58. The smallest absolute Gasteiger partial charge is 0.287 e. The van der Waals surface area contributed by atoms with Crippen LogP contribution in [0.4, 0.5) is 23.1 Å². The number of amides is 2. The summed E-state index contributed by atoms with van der Waals surface area (Å²) < 4.78 is 0. The molecule has 1 fully saturated rings. The molecular weight excluding hydrogens is 511 g/mol. The van der Waals surface area contributed by atoms with E-state index >= 15 is 0 Å². The molecule has 0 bridgehead atoms. The van der Waals surface area contributed by atoms with Gasteiger partial charge in [-0.15, -0.1) is 0 Å². The predicted octanol–water partition coefficient (Wildman–Crippen LogP) is 3.08. The fourth-order valence-corrected chi connectivity index (χ4v) is 4.03. The normalized spacial score (nSPS) is 14.1. The zero-order valence-corrected chi connectivity index (χ0v) is 20.5. The molecule has 14 heteroatoms. The Balaban J connectivity index is 1.55. The minimum Gasteiger partial charge on any atom is -0.368 e. The second-order valence-corrected chi connectivity index (χ2v) is 8.70. The van der Waals surface area contributed by atoms with Gasteiger partial charge in [-0.2, -0.15) is 0 Å². The minimum absolute atomic E-state index is 0.0713. The highest BCUT2D eigenvalue weighted by Crippen LogP contribution is 2.36. The number of nitro groups is 1. The highest BCUT2D eigenvalue weighted by molar-refractivity contribution is 6.36. The van der Waals surface area contributed by atoms with Gasteiger partial charge >= 0.3 is 0 Å². The first-order valence-electron chi connectivity index (χ1n) is 10.7. The molecule has 1 aliphatic rings. The number of likely N-dealkylation sites (N-methyl/N-ethyl adjacent to an activating group) is 1. The van der Waals surface area contributed by atoms with E-state index in [0.29, 0.717) is 40.2 Å². The first kappa shape index (κ1) is 25.2. The lowest BCUT2D eigenvalue weighted by Crippen LogP contribution is -2.53. The molecule has 1 aromatic carbocycles. The van der Waals surface area contributed by atoms with Gasteiger partial charge in [-0.05, 0) is 31.3 Å². The summed E-state index contributed by atoms with van der Waals surface area (Å²) in [4.78, 5) is 51.2. The van der Waals surface area contributed by atoms with E-state index in [4.69, 9.17) is 23.2 Å². The number of halogens is 2. The Hall–Kier alpha value is -3.87. The van der Waals surface area contributed by atoms with Gasteiger partial charge in [-0.25, -0.2) is 19.9 Å². The van der Waals surface area contributed by atoms with Crippen LogP contribution in [0.5, 0.6) is 0 Å². The lowest BCUT2D eigenvalue weighted by molar-refractivity contribution is -0.385. The van der Waals surface area contributed by atoms with Crippen LogP contribution in [0.2, 0.25) is 10.0 Å². The summed E-state index contributed by atoms with van der Waals surface area (Å²) >= 11 is 12.5. The molecule has 1 saturated heterocycles. The highest BCUT2D eigenvalue weighted by atomic mass is 35.5. The highest BCUT2D eigenvalue weighted by Gasteiger charge is 2.33. The maximum absolute atomic E-state index is 12.7. The van der Waals surface area contributed by atoms with Crippen LogP contribution in [-0.4, -0.2) is 69.8 Å². The molecule has 0 radical (unpaired) electrons. The summed E-state index contributed by atoms with van der Waals surface area (Å²) in [6, 6.07) is 7.71. The van der Waals surface area contributed by atoms with Crippen LogP contribution in [0.3, 0.4) is 0 Å². The molecule has 186 valence electrons. The van der Waals surface area contributed by atoms with E-state index in [-0.39, 0.29) is 30.4 Å². The number of carbonyl (C=O) groups excluding carboxylic acids is 2. The number of nitrogens with zero attached hydrogens (tertiary/aromatic N) is 6. The fourth-order valence-electron chi connectivity index (χ4n) is 3.53. The Morgan fingerprint density at radius 1 is 1.03 bits per heavy atom. The summed E-state index contributed by atoms with van der Waals surface area (Å²) in [5.74, 6) is -0.0833. The average molecular weight is 531 g/mol. The van der Waals surface area contributed by atoms with Crippen molar-refractivity contribution < 1.29 is 14.5 Å². The zero-order chi connectivity index (χ0) is 25.8. The summed E-state index contributed by atoms with van der Waals surface area (Å²) in [6.45, 7) is 0.921. The number of pyridine rings is 1. The Morgan fingerprint density at radius 2 is 1.75 bits per heavy atom. The predicted molar refractivity (Wildman–Crippen MR) is 135 cm³/mol. The number of imide groups is 1. The Morgan fingerprint density at radius 3 is 2.39 bits per heavy atom. The van der Waals surface area contributed by atoms with Crippen LogP contribution in [0.1, 0.15) is 0 Å². The van der Waals surface area contributed by atoms with Crippen molar-refractivity contribution in [3.05, 3.63) is 62.9 Å². The molecular formula is C22H20Cl2N8O4. The van der Waals surface area contributed by atoms with E-state index in [1.807, 2.05) is 0 Å². The number of piperazine rings is 1. The third-order valence-electron chi connectivity index (χ3n) is 5.18. The minimum atomic E-state index is -0.521. The monoisotopic (exact) mass is 530 g/mol. The molecule has 36 heavy (non-hydrogen) atoms. The number of aromatic nitrogens is 3. The molecule has 0 atom stereocenters. The summed E-state index contributed by atoms with van der Waals surface area (Å²) in [5.41, 5.74) is 0.901. The van der Waals surface area contributed by atoms with Crippen LogP contribution >= 0.6 is 23.2 Å². The van der Waals surface area contributed by atoms with Crippen LogP contribution in [0, 0.1) is 10.1 Å². The van der Waals surface area contributed by atoms with Crippen molar-refractivity contribution in [1.82, 2.24) is 19.9 Å². The van der Waals surface area contributed by atoms with E-state index in [0.717, 1.165) is 4.90 Å².